The fourth-order valence-corrected chi connectivity index (χ4v) is 1.55. The summed E-state index contributed by atoms with van der Waals surface area (Å²) in [5, 5.41) is 9.07. The molecule has 0 atom stereocenters. The molecule has 0 bridgehead atoms. The molecular weight excluding hydrogens is 232 g/mol. The van der Waals surface area contributed by atoms with Gasteiger partial charge in [-0.05, 0) is 45.7 Å². The zero-order valence-electron chi connectivity index (χ0n) is 10.9. The van der Waals surface area contributed by atoms with E-state index in [0.717, 1.165) is 12.8 Å². The Kier molecular flexibility index (Phi) is 3.20. The Bertz CT molecular complexity index is 455. The number of benzene rings is 1. The number of carboxylic acid groups (broad SMARTS) is 1. The minimum Gasteiger partial charge on any atom is -0.490 e. The van der Waals surface area contributed by atoms with Crippen molar-refractivity contribution in [3.63, 3.8) is 0 Å². The number of carboxylic acids is 1. The van der Waals surface area contributed by atoms with E-state index >= 15 is 0 Å². The maximum Gasteiger partial charge on any atom is 0.335 e. The molecule has 1 aromatic rings. The second kappa shape index (κ2) is 4.52. The molecule has 1 N–H and O–H groups in total. The molecule has 0 amide bonds. The van der Waals surface area contributed by atoms with Gasteiger partial charge in [-0.25, -0.2) is 4.79 Å². The summed E-state index contributed by atoms with van der Waals surface area (Å²) in [6.07, 6.45) is 2.30. The molecule has 1 aliphatic rings. The Hall–Kier alpha value is -1.71. The fraction of sp³-hybridized carbons (Fsp3) is 0.500. The molecular formula is C14H18O4. The molecule has 0 aliphatic heterocycles. The van der Waals surface area contributed by atoms with Crippen molar-refractivity contribution in [2.75, 3.05) is 0 Å². The smallest absolute Gasteiger partial charge is 0.335 e. The SMILES string of the molecule is CC(C)(C)Oc1cc(OC2CC2)cc(C(=O)O)c1. The second-order valence-electron chi connectivity index (χ2n) is 5.53. The minimum absolute atomic E-state index is 0.187. The van der Waals surface area contributed by atoms with Crippen LogP contribution in [0.5, 0.6) is 11.5 Å². The van der Waals surface area contributed by atoms with Gasteiger partial charge in [0.2, 0.25) is 0 Å². The summed E-state index contributed by atoms with van der Waals surface area (Å²) in [5.41, 5.74) is -0.180. The van der Waals surface area contributed by atoms with Gasteiger partial charge in [-0.2, -0.15) is 0 Å². The van der Waals surface area contributed by atoms with Crippen LogP contribution in [0.15, 0.2) is 18.2 Å². The molecule has 18 heavy (non-hydrogen) atoms. The number of hydrogen-bond donors (Lipinski definition) is 1. The van der Waals surface area contributed by atoms with Crippen molar-refractivity contribution in [1.82, 2.24) is 0 Å². The van der Waals surface area contributed by atoms with Gasteiger partial charge in [-0.3, -0.25) is 0 Å². The third-order valence-corrected chi connectivity index (χ3v) is 2.38. The lowest BCUT2D eigenvalue weighted by atomic mass is 10.1. The van der Waals surface area contributed by atoms with Crippen LogP contribution in [0.1, 0.15) is 44.0 Å². The molecule has 1 aliphatic carbocycles. The zero-order valence-corrected chi connectivity index (χ0v) is 10.9. The summed E-state index contributed by atoms with van der Waals surface area (Å²) in [6, 6.07) is 4.81. The zero-order chi connectivity index (χ0) is 13.3. The van der Waals surface area contributed by atoms with E-state index in [2.05, 4.69) is 0 Å². The third kappa shape index (κ3) is 3.65. The first-order chi connectivity index (χ1) is 8.33. The number of hydrogen-bond acceptors (Lipinski definition) is 3. The monoisotopic (exact) mass is 250 g/mol. The van der Waals surface area contributed by atoms with Gasteiger partial charge in [0.25, 0.3) is 0 Å². The van der Waals surface area contributed by atoms with Crippen molar-refractivity contribution in [3.8, 4) is 11.5 Å². The highest BCUT2D eigenvalue weighted by Crippen LogP contribution is 2.31. The first-order valence-electron chi connectivity index (χ1n) is 6.07. The van der Waals surface area contributed by atoms with Crippen molar-refractivity contribution >= 4 is 5.97 Å². The molecule has 98 valence electrons. The van der Waals surface area contributed by atoms with Gasteiger partial charge in [0.1, 0.15) is 17.1 Å². The molecule has 2 rings (SSSR count). The average molecular weight is 250 g/mol. The van der Waals surface area contributed by atoms with Crippen LogP contribution < -0.4 is 9.47 Å². The molecule has 0 aromatic heterocycles. The molecule has 1 fully saturated rings. The van der Waals surface area contributed by atoms with E-state index in [1.165, 1.54) is 12.1 Å². The lowest BCUT2D eigenvalue weighted by Crippen LogP contribution is -2.23. The van der Waals surface area contributed by atoms with Crippen LogP contribution in [0.25, 0.3) is 0 Å². The summed E-state index contributed by atoms with van der Waals surface area (Å²) in [4.78, 5) is 11.1. The van der Waals surface area contributed by atoms with Crippen LogP contribution in [-0.2, 0) is 0 Å². The number of rotatable bonds is 4. The topological polar surface area (TPSA) is 55.8 Å². The number of carbonyl (C=O) groups is 1. The lowest BCUT2D eigenvalue weighted by Gasteiger charge is -2.22. The predicted molar refractivity (Wildman–Crippen MR) is 67.4 cm³/mol. The van der Waals surface area contributed by atoms with E-state index in [9.17, 15) is 4.79 Å². The van der Waals surface area contributed by atoms with Crippen LogP contribution >= 0.6 is 0 Å². The normalized spacial score (nSPS) is 15.3. The van der Waals surface area contributed by atoms with Gasteiger partial charge < -0.3 is 14.6 Å². The maximum absolute atomic E-state index is 11.1. The van der Waals surface area contributed by atoms with Crippen LogP contribution in [0.3, 0.4) is 0 Å². The van der Waals surface area contributed by atoms with E-state index in [4.69, 9.17) is 14.6 Å². The van der Waals surface area contributed by atoms with E-state index in [1.54, 1.807) is 6.07 Å². The highest BCUT2D eigenvalue weighted by atomic mass is 16.5. The van der Waals surface area contributed by atoms with E-state index < -0.39 is 5.97 Å². The van der Waals surface area contributed by atoms with E-state index in [0.29, 0.717) is 11.5 Å². The van der Waals surface area contributed by atoms with E-state index in [1.807, 2.05) is 20.8 Å². The molecule has 0 unspecified atom stereocenters. The van der Waals surface area contributed by atoms with Crippen molar-refractivity contribution in [2.24, 2.45) is 0 Å². The van der Waals surface area contributed by atoms with Gasteiger partial charge in [-0.1, -0.05) is 0 Å². The lowest BCUT2D eigenvalue weighted by molar-refractivity contribution is 0.0693. The van der Waals surface area contributed by atoms with Gasteiger partial charge in [0.15, 0.2) is 0 Å². The van der Waals surface area contributed by atoms with E-state index in [-0.39, 0.29) is 17.3 Å². The molecule has 0 spiro atoms. The Balaban J connectivity index is 2.26. The van der Waals surface area contributed by atoms with Crippen LogP contribution in [-0.4, -0.2) is 22.8 Å². The number of aromatic carboxylic acids is 1. The molecule has 4 heteroatoms. The van der Waals surface area contributed by atoms with Gasteiger partial charge in [0.05, 0.1) is 11.7 Å². The third-order valence-electron chi connectivity index (χ3n) is 2.38. The first-order valence-corrected chi connectivity index (χ1v) is 6.07. The number of ether oxygens (including phenoxy) is 2. The Morgan fingerprint density at radius 3 is 2.33 bits per heavy atom. The summed E-state index contributed by atoms with van der Waals surface area (Å²) < 4.78 is 11.3. The summed E-state index contributed by atoms with van der Waals surface area (Å²) in [7, 11) is 0. The quantitative estimate of drug-likeness (QED) is 0.892. The highest BCUT2D eigenvalue weighted by Gasteiger charge is 2.24. The fourth-order valence-electron chi connectivity index (χ4n) is 1.55. The Morgan fingerprint density at radius 2 is 1.83 bits per heavy atom. The molecule has 0 radical (unpaired) electrons. The molecule has 1 aromatic carbocycles. The van der Waals surface area contributed by atoms with Crippen LogP contribution in [0.2, 0.25) is 0 Å². The molecule has 1 saturated carbocycles. The predicted octanol–water partition coefficient (Wildman–Crippen LogP) is 3.10. The van der Waals surface area contributed by atoms with Crippen LogP contribution in [0, 0.1) is 0 Å². The standard InChI is InChI=1S/C14H18O4/c1-14(2,3)18-12-7-9(13(15)16)6-11(8-12)17-10-4-5-10/h6-8,10H,4-5H2,1-3H3,(H,15,16). The molecule has 0 saturated heterocycles. The average Bonchev–Trinajstić information content (AvgIpc) is 2.98. The van der Waals surface area contributed by atoms with Crippen molar-refractivity contribution < 1.29 is 19.4 Å². The van der Waals surface area contributed by atoms with Crippen molar-refractivity contribution in [1.29, 1.82) is 0 Å². The van der Waals surface area contributed by atoms with Crippen molar-refractivity contribution in [2.45, 2.75) is 45.3 Å². The van der Waals surface area contributed by atoms with Gasteiger partial charge in [-0.15, -0.1) is 0 Å². The van der Waals surface area contributed by atoms with Gasteiger partial charge in [0, 0.05) is 6.07 Å². The van der Waals surface area contributed by atoms with Gasteiger partial charge >= 0.3 is 5.97 Å². The molecule has 0 heterocycles. The maximum atomic E-state index is 11.1. The summed E-state index contributed by atoms with van der Waals surface area (Å²) in [6.45, 7) is 5.76. The summed E-state index contributed by atoms with van der Waals surface area (Å²) >= 11 is 0. The largest absolute Gasteiger partial charge is 0.490 e. The highest BCUT2D eigenvalue weighted by molar-refractivity contribution is 5.88. The minimum atomic E-state index is -0.977. The molecule has 4 nitrogen and oxygen atoms in total. The Morgan fingerprint density at radius 1 is 1.22 bits per heavy atom. The van der Waals surface area contributed by atoms with Crippen LogP contribution in [0.4, 0.5) is 0 Å². The second-order valence-corrected chi connectivity index (χ2v) is 5.53. The first kappa shape index (κ1) is 12.7. The van der Waals surface area contributed by atoms with Crippen molar-refractivity contribution in [3.05, 3.63) is 23.8 Å². The Labute approximate surface area is 107 Å². The summed E-state index contributed by atoms with van der Waals surface area (Å²) in [5.74, 6) is 0.115.